The van der Waals surface area contributed by atoms with Crippen LogP contribution in [0.1, 0.15) is 55.8 Å². The third-order valence-electron chi connectivity index (χ3n) is 7.64. The number of amides is 2. The zero-order chi connectivity index (χ0) is 33.7. The fourth-order valence-corrected chi connectivity index (χ4v) is 6.02. The van der Waals surface area contributed by atoms with E-state index >= 15 is 0 Å². The highest BCUT2D eigenvalue weighted by Gasteiger charge is 2.31. The Morgan fingerprint density at radius 1 is 1.04 bits per heavy atom. The molecular formula is C34H35F3N6O3S. The molecule has 3 aromatic carbocycles. The topological polar surface area (TPSA) is 95.6 Å². The zero-order valence-corrected chi connectivity index (χ0v) is 27.4. The van der Waals surface area contributed by atoms with Crippen molar-refractivity contribution in [2.75, 3.05) is 13.7 Å². The molecule has 2 amide bonds. The van der Waals surface area contributed by atoms with Crippen molar-refractivity contribution in [3.63, 3.8) is 0 Å². The van der Waals surface area contributed by atoms with E-state index in [9.17, 15) is 18.0 Å². The molecule has 0 radical (unpaired) electrons. The quantitative estimate of drug-likeness (QED) is 0.164. The summed E-state index contributed by atoms with van der Waals surface area (Å²) in [5, 5.41) is 9.43. The number of ether oxygens (including phenoxy) is 2. The molecule has 9 nitrogen and oxygen atoms in total. The van der Waals surface area contributed by atoms with Crippen LogP contribution in [-0.4, -0.2) is 45.4 Å². The summed E-state index contributed by atoms with van der Waals surface area (Å²) in [6.45, 7) is 8.70. The average Bonchev–Trinajstić information content (AvgIpc) is 3.68. The summed E-state index contributed by atoms with van der Waals surface area (Å²) in [6, 6.07) is 18.7. The zero-order valence-electron chi connectivity index (χ0n) is 26.6. The van der Waals surface area contributed by atoms with Crippen molar-refractivity contribution in [2.45, 2.75) is 52.3 Å². The molecule has 1 N–H and O–H groups in total. The number of hydrogen-bond donors (Lipinski definition) is 1. The smallest absolute Gasteiger partial charge is 0.497 e. The molecule has 0 fully saturated rings. The molecule has 13 heteroatoms. The molecule has 2 heterocycles. The van der Waals surface area contributed by atoms with E-state index in [1.54, 1.807) is 7.11 Å². The van der Waals surface area contributed by atoms with Gasteiger partial charge in [0, 0.05) is 35.2 Å². The largest absolute Gasteiger partial charge is 0.573 e. The van der Waals surface area contributed by atoms with Crippen LogP contribution >= 0.6 is 11.3 Å². The lowest BCUT2D eigenvalue weighted by Crippen LogP contribution is -2.28. The molecule has 0 spiro atoms. The van der Waals surface area contributed by atoms with Crippen LogP contribution in [0.5, 0.6) is 11.5 Å². The van der Waals surface area contributed by atoms with Gasteiger partial charge >= 0.3 is 12.4 Å². The number of alkyl halides is 3. The number of urea groups is 1. The fraction of sp³-hybridized carbons (Fsp3) is 0.294. The first-order chi connectivity index (χ1) is 22.5. The molecule has 0 saturated carbocycles. The minimum atomic E-state index is -4.76. The second-order valence-electron chi connectivity index (χ2n) is 11.2. The Morgan fingerprint density at radius 3 is 2.38 bits per heavy atom. The fourth-order valence-electron chi connectivity index (χ4n) is 5.16. The molecular weight excluding hydrogens is 629 g/mol. The van der Waals surface area contributed by atoms with Gasteiger partial charge in [-0.15, -0.1) is 29.6 Å². The van der Waals surface area contributed by atoms with Crippen LogP contribution in [0, 0.1) is 6.92 Å². The van der Waals surface area contributed by atoms with Crippen LogP contribution in [0.25, 0.3) is 22.8 Å². The molecule has 0 bridgehead atoms. The van der Waals surface area contributed by atoms with Gasteiger partial charge in [-0.25, -0.2) is 14.5 Å². The van der Waals surface area contributed by atoms with E-state index in [-0.39, 0.29) is 17.6 Å². The number of thiazole rings is 1. The first-order valence-electron chi connectivity index (χ1n) is 15.0. The van der Waals surface area contributed by atoms with E-state index in [0.29, 0.717) is 22.9 Å². The molecule has 47 heavy (non-hydrogen) atoms. The second-order valence-corrected chi connectivity index (χ2v) is 12.0. The van der Waals surface area contributed by atoms with Crippen LogP contribution in [0.15, 0.2) is 83.4 Å². The molecule has 0 aliphatic rings. The molecule has 0 aliphatic carbocycles. The number of hydrogen-bond acceptors (Lipinski definition) is 6. The average molecular weight is 665 g/mol. The molecule has 0 aliphatic heterocycles. The number of benzene rings is 3. The summed E-state index contributed by atoms with van der Waals surface area (Å²) in [4.78, 5) is 22.4. The van der Waals surface area contributed by atoms with Crippen molar-refractivity contribution in [3.8, 4) is 34.3 Å². The molecule has 2 aromatic heterocycles. The Bertz CT molecular complexity index is 1890. The predicted octanol–water partition coefficient (Wildman–Crippen LogP) is 7.93. The number of nitrogens with one attached hydrogen (secondary N) is 1. The Morgan fingerprint density at radius 2 is 1.74 bits per heavy atom. The molecule has 1 unspecified atom stereocenters. The Balaban J connectivity index is 1.26. The van der Waals surface area contributed by atoms with Gasteiger partial charge in [-0.05, 0) is 60.7 Å². The third kappa shape index (κ3) is 8.09. The predicted molar refractivity (Wildman–Crippen MR) is 174 cm³/mol. The van der Waals surface area contributed by atoms with E-state index < -0.39 is 12.4 Å². The van der Waals surface area contributed by atoms with Gasteiger partial charge < -0.3 is 14.8 Å². The van der Waals surface area contributed by atoms with Gasteiger partial charge in [-0.2, -0.15) is 4.99 Å². The number of carbonyl (C=O) groups is 1. The Kier molecular flexibility index (Phi) is 10.1. The summed E-state index contributed by atoms with van der Waals surface area (Å²) < 4.78 is 50.2. The molecule has 1 atom stereocenters. The van der Waals surface area contributed by atoms with Gasteiger partial charge in [-0.1, -0.05) is 51.1 Å². The first-order valence-corrected chi connectivity index (χ1v) is 15.9. The van der Waals surface area contributed by atoms with E-state index in [1.165, 1.54) is 46.6 Å². The van der Waals surface area contributed by atoms with Crippen LogP contribution in [0.4, 0.5) is 18.0 Å². The lowest BCUT2D eigenvalue weighted by molar-refractivity contribution is -0.274. The van der Waals surface area contributed by atoms with E-state index in [1.807, 2.05) is 59.3 Å². The summed E-state index contributed by atoms with van der Waals surface area (Å²) in [5.74, 6) is 1.19. The van der Waals surface area contributed by atoms with Gasteiger partial charge in [0.25, 0.3) is 0 Å². The highest BCUT2D eigenvalue weighted by atomic mass is 32.1. The lowest BCUT2D eigenvalue weighted by atomic mass is 9.95. The monoisotopic (exact) mass is 664 g/mol. The van der Waals surface area contributed by atoms with Gasteiger partial charge in [0.15, 0.2) is 10.6 Å². The number of carbonyl (C=O) groups excluding carboxylic acids is 1. The highest BCUT2D eigenvalue weighted by Crippen LogP contribution is 2.28. The summed E-state index contributed by atoms with van der Waals surface area (Å²) >= 11 is 1.41. The summed E-state index contributed by atoms with van der Waals surface area (Å²) in [5.41, 5.74) is 5.37. The van der Waals surface area contributed by atoms with Crippen molar-refractivity contribution >= 4 is 17.4 Å². The standard InChI is InChI=1S/C34H35F3N6O3S/c1-6-23(18-38-32(44)40-33-43(22(4)19-47-33)30-17-28(45-5)15-16-29(30)21(2)3)24-7-9-25(10-8-24)31-39-20-42(41-31)26-11-13-27(14-12-26)46-34(35,36)37/h7-17,19-21,23H,6,18H2,1-5H3,(H,38,44). The van der Waals surface area contributed by atoms with E-state index in [4.69, 9.17) is 4.74 Å². The van der Waals surface area contributed by atoms with Crippen LogP contribution < -0.4 is 19.6 Å². The SMILES string of the molecule is CCC(CNC(=O)N=c1scc(C)n1-c1cc(OC)ccc1C(C)C)c1ccc(-c2ncn(-c3ccc(OC(F)(F)F)cc3)n2)cc1. The van der Waals surface area contributed by atoms with Gasteiger partial charge in [0.2, 0.25) is 0 Å². The maximum atomic E-state index is 13.1. The van der Waals surface area contributed by atoms with Crippen molar-refractivity contribution < 1.29 is 27.4 Å². The second kappa shape index (κ2) is 14.2. The third-order valence-corrected chi connectivity index (χ3v) is 8.58. The lowest BCUT2D eigenvalue weighted by Gasteiger charge is -2.17. The number of methoxy groups -OCH3 is 1. The minimum absolute atomic E-state index is 0.0503. The normalized spacial score (nSPS) is 12.7. The molecule has 246 valence electrons. The Labute approximate surface area is 274 Å². The van der Waals surface area contributed by atoms with Gasteiger partial charge in [0.05, 0.1) is 18.5 Å². The summed E-state index contributed by atoms with van der Waals surface area (Å²) in [6.07, 6.45) is -2.47. The number of nitrogens with zero attached hydrogens (tertiary/aromatic N) is 5. The highest BCUT2D eigenvalue weighted by molar-refractivity contribution is 7.07. The minimum Gasteiger partial charge on any atom is -0.497 e. The Hall–Kier alpha value is -4.91. The van der Waals surface area contributed by atoms with Crippen molar-refractivity contribution in [1.29, 1.82) is 0 Å². The summed E-state index contributed by atoms with van der Waals surface area (Å²) in [7, 11) is 1.63. The first kappa shape index (κ1) is 33.5. The van der Waals surface area contributed by atoms with Gasteiger partial charge in [0.1, 0.15) is 17.8 Å². The molecule has 5 aromatic rings. The molecule has 0 saturated heterocycles. The van der Waals surface area contributed by atoms with Crippen LogP contribution in [-0.2, 0) is 0 Å². The molecule has 5 rings (SSSR count). The maximum absolute atomic E-state index is 13.1. The van der Waals surface area contributed by atoms with Crippen LogP contribution in [0.3, 0.4) is 0 Å². The number of aryl methyl sites for hydroxylation is 1. The maximum Gasteiger partial charge on any atom is 0.573 e. The van der Waals surface area contributed by atoms with E-state index in [2.05, 4.69) is 45.9 Å². The number of aromatic nitrogens is 4. The van der Waals surface area contributed by atoms with E-state index in [0.717, 1.165) is 40.2 Å². The number of halogens is 3. The van der Waals surface area contributed by atoms with Gasteiger partial charge in [-0.3, -0.25) is 4.57 Å². The van der Waals surface area contributed by atoms with Crippen LogP contribution in [0.2, 0.25) is 0 Å². The number of rotatable bonds is 10. The van der Waals surface area contributed by atoms with Crippen molar-refractivity contribution in [2.24, 2.45) is 4.99 Å². The van der Waals surface area contributed by atoms with Crippen molar-refractivity contribution in [1.82, 2.24) is 24.6 Å². The van der Waals surface area contributed by atoms with Crippen molar-refractivity contribution in [3.05, 3.63) is 100 Å².